The van der Waals surface area contributed by atoms with E-state index in [0.29, 0.717) is 5.11 Å². The molecule has 2 aliphatic rings. The minimum atomic E-state index is -0.109. The van der Waals surface area contributed by atoms with Crippen LogP contribution in [0.2, 0.25) is 0 Å². The molecule has 0 aromatic carbocycles. The molecule has 2 fully saturated rings. The van der Waals surface area contributed by atoms with Gasteiger partial charge in [-0.2, -0.15) is 0 Å². The van der Waals surface area contributed by atoms with Crippen molar-refractivity contribution in [3.8, 4) is 0 Å². The van der Waals surface area contributed by atoms with Crippen LogP contribution in [0.25, 0.3) is 0 Å². The first-order valence-corrected chi connectivity index (χ1v) is 5.28. The van der Waals surface area contributed by atoms with Gasteiger partial charge in [-0.15, -0.1) is 11.6 Å². The number of halogens is 1. The second-order valence-electron chi connectivity index (χ2n) is 3.54. The quantitative estimate of drug-likeness (QED) is 0.466. The summed E-state index contributed by atoms with van der Waals surface area (Å²) in [5.74, 6) is -0.129. The molecule has 0 aromatic heterocycles. The van der Waals surface area contributed by atoms with E-state index in [1.807, 2.05) is 0 Å². The molecular formula is C8H11ClN2OS. The van der Waals surface area contributed by atoms with Crippen LogP contribution in [0.1, 0.15) is 19.3 Å². The van der Waals surface area contributed by atoms with Crippen molar-refractivity contribution in [3.05, 3.63) is 0 Å². The first kappa shape index (κ1) is 9.21. The van der Waals surface area contributed by atoms with Crippen LogP contribution in [-0.4, -0.2) is 22.4 Å². The zero-order valence-corrected chi connectivity index (χ0v) is 8.62. The van der Waals surface area contributed by atoms with Crippen LogP contribution >= 0.6 is 23.8 Å². The van der Waals surface area contributed by atoms with Gasteiger partial charge in [0, 0.05) is 11.4 Å². The summed E-state index contributed by atoms with van der Waals surface area (Å²) >= 11 is 11.0. The Hall–Kier alpha value is -0.350. The van der Waals surface area contributed by atoms with Gasteiger partial charge in [0.1, 0.15) is 0 Å². The van der Waals surface area contributed by atoms with E-state index >= 15 is 0 Å². The summed E-state index contributed by atoms with van der Waals surface area (Å²) < 4.78 is 0. The fraction of sp³-hybridized carbons (Fsp3) is 0.750. The summed E-state index contributed by atoms with van der Waals surface area (Å²) in [4.78, 5) is 11.5. The van der Waals surface area contributed by atoms with Gasteiger partial charge in [0.05, 0.1) is 5.92 Å². The number of hydrogen-bond acceptors (Lipinski definition) is 2. The summed E-state index contributed by atoms with van der Waals surface area (Å²) in [6.45, 7) is 0. The Kier molecular flexibility index (Phi) is 2.43. The molecule has 3 nitrogen and oxygen atoms in total. The van der Waals surface area contributed by atoms with Crippen molar-refractivity contribution < 1.29 is 4.79 Å². The molecule has 1 saturated heterocycles. The third-order valence-electron chi connectivity index (χ3n) is 2.67. The maximum atomic E-state index is 11.5. The summed E-state index contributed by atoms with van der Waals surface area (Å²) in [5, 5.41) is 6.09. The van der Waals surface area contributed by atoms with Crippen molar-refractivity contribution >= 4 is 34.8 Å². The first-order valence-electron chi connectivity index (χ1n) is 4.44. The Labute approximate surface area is 87.2 Å². The van der Waals surface area contributed by atoms with E-state index in [1.165, 1.54) is 0 Å². The van der Waals surface area contributed by atoms with E-state index < -0.39 is 0 Å². The fourth-order valence-electron chi connectivity index (χ4n) is 2.05. The lowest BCUT2D eigenvalue weighted by atomic mass is 9.82. The molecule has 0 radical (unpaired) electrons. The maximum Gasteiger partial charge on any atom is 0.232 e. The van der Waals surface area contributed by atoms with Crippen LogP contribution in [0.5, 0.6) is 0 Å². The molecule has 1 aliphatic heterocycles. The predicted molar refractivity (Wildman–Crippen MR) is 54.6 cm³/mol. The second kappa shape index (κ2) is 3.42. The van der Waals surface area contributed by atoms with Crippen LogP contribution in [-0.2, 0) is 4.79 Å². The Bertz CT molecular complexity index is 259. The van der Waals surface area contributed by atoms with Crippen molar-refractivity contribution in [1.29, 1.82) is 0 Å². The van der Waals surface area contributed by atoms with Gasteiger partial charge in [0.2, 0.25) is 5.91 Å². The van der Waals surface area contributed by atoms with E-state index in [1.54, 1.807) is 0 Å². The topological polar surface area (TPSA) is 41.1 Å². The van der Waals surface area contributed by atoms with Gasteiger partial charge >= 0.3 is 0 Å². The van der Waals surface area contributed by atoms with Crippen LogP contribution in [0.3, 0.4) is 0 Å². The third-order valence-corrected chi connectivity index (χ3v) is 3.38. The van der Waals surface area contributed by atoms with E-state index in [0.717, 1.165) is 19.3 Å². The molecular weight excluding hydrogens is 208 g/mol. The van der Waals surface area contributed by atoms with Crippen molar-refractivity contribution in [2.45, 2.75) is 30.7 Å². The van der Waals surface area contributed by atoms with Gasteiger partial charge in [-0.25, -0.2) is 0 Å². The van der Waals surface area contributed by atoms with Crippen LogP contribution in [0, 0.1) is 5.92 Å². The maximum absolute atomic E-state index is 11.5. The molecule has 1 heterocycles. The Balaban J connectivity index is 2.17. The highest BCUT2D eigenvalue weighted by Crippen LogP contribution is 2.30. The number of amides is 1. The lowest BCUT2D eigenvalue weighted by molar-refractivity contribution is -0.125. The van der Waals surface area contributed by atoms with Gasteiger partial charge < -0.3 is 10.6 Å². The number of rotatable bonds is 0. The molecule has 72 valence electrons. The molecule has 3 atom stereocenters. The first-order chi connectivity index (χ1) is 6.18. The van der Waals surface area contributed by atoms with Crippen LogP contribution < -0.4 is 10.6 Å². The summed E-state index contributed by atoms with van der Waals surface area (Å²) in [6.07, 6.45) is 2.98. The van der Waals surface area contributed by atoms with Gasteiger partial charge in [0.25, 0.3) is 0 Å². The number of alkyl halides is 1. The van der Waals surface area contributed by atoms with Crippen LogP contribution in [0.15, 0.2) is 0 Å². The molecule has 0 aromatic rings. The minimum absolute atomic E-state index is 0.0200. The standard InChI is InChI=1S/C8H11ClN2OS/c9-4-2-1-3-5-6(4)7(12)11-8(13)10-5/h4-6H,1-3H2,(H2,10,11,12,13). The monoisotopic (exact) mass is 218 g/mol. The molecule has 2 rings (SSSR count). The highest BCUT2D eigenvalue weighted by atomic mass is 35.5. The third kappa shape index (κ3) is 1.65. The minimum Gasteiger partial charge on any atom is -0.359 e. The molecule has 2 N–H and O–H groups in total. The molecule has 1 aliphatic carbocycles. The number of nitrogens with one attached hydrogen (secondary N) is 2. The summed E-state index contributed by atoms with van der Waals surface area (Å²) in [6, 6.07) is 0.150. The number of carbonyl (C=O) groups excluding carboxylic acids is 1. The second-order valence-corrected chi connectivity index (χ2v) is 4.51. The summed E-state index contributed by atoms with van der Waals surface area (Å²) in [5.41, 5.74) is 0. The molecule has 5 heteroatoms. The largest absolute Gasteiger partial charge is 0.359 e. The van der Waals surface area contributed by atoms with E-state index in [-0.39, 0.29) is 23.2 Å². The van der Waals surface area contributed by atoms with Crippen molar-refractivity contribution in [1.82, 2.24) is 10.6 Å². The molecule has 1 amide bonds. The SMILES string of the molecule is O=C1NC(=S)NC2CCCC(Cl)C12. The highest BCUT2D eigenvalue weighted by Gasteiger charge is 2.40. The number of hydrogen-bond donors (Lipinski definition) is 2. The van der Waals surface area contributed by atoms with E-state index in [2.05, 4.69) is 10.6 Å². The van der Waals surface area contributed by atoms with Gasteiger partial charge in [0.15, 0.2) is 5.11 Å². The number of fused-ring (bicyclic) bond motifs is 1. The number of thiocarbonyl (C=S) groups is 1. The molecule has 0 spiro atoms. The lowest BCUT2D eigenvalue weighted by Gasteiger charge is -2.38. The molecule has 0 bridgehead atoms. The predicted octanol–water partition coefficient (Wildman–Crippen LogP) is 0.767. The normalized spacial score (nSPS) is 39.0. The number of carbonyl (C=O) groups is 1. The van der Waals surface area contributed by atoms with E-state index in [4.69, 9.17) is 23.8 Å². The average molecular weight is 219 g/mol. The highest BCUT2D eigenvalue weighted by molar-refractivity contribution is 7.80. The molecule has 3 unspecified atom stereocenters. The zero-order chi connectivity index (χ0) is 9.42. The van der Waals surface area contributed by atoms with Gasteiger partial charge in [-0.3, -0.25) is 4.79 Å². The van der Waals surface area contributed by atoms with Crippen molar-refractivity contribution in [2.75, 3.05) is 0 Å². The van der Waals surface area contributed by atoms with Crippen LogP contribution in [0.4, 0.5) is 0 Å². The van der Waals surface area contributed by atoms with Crippen molar-refractivity contribution in [2.24, 2.45) is 5.92 Å². The zero-order valence-electron chi connectivity index (χ0n) is 7.05. The molecule has 1 saturated carbocycles. The smallest absolute Gasteiger partial charge is 0.232 e. The Morgan fingerprint density at radius 3 is 3.00 bits per heavy atom. The van der Waals surface area contributed by atoms with Gasteiger partial charge in [-0.05, 0) is 31.5 Å². The lowest BCUT2D eigenvalue weighted by Crippen LogP contribution is -2.61. The van der Waals surface area contributed by atoms with Crippen molar-refractivity contribution in [3.63, 3.8) is 0 Å². The Morgan fingerprint density at radius 1 is 1.46 bits per heavy atom. The summed E-state index contributed by atoms with van der Waals surface area (Å²) in [7, 11) is 0. The molecule has 13 heavy (non-hydrogen) atoms. The average Bonchev–Trinajstić information content (AvgIpc) is 2.02. The Morgan fingerprint density at radius 2 is 2.23 bits per heavy atom. The van der Waals surface area contributed by atoms with E-state index in [9.17, 15) is 4.79 Å². The fourth-order valence-corrected chi connectivity index (χ4v) is 2.75. The van der Waals surface area contributed by atoms with Gasteiger partial charge in [-0.1, -0.05) is 0 Å².